The van der Waals surface area contributed by atoms with Crippen molar-refractivity contribution in [1.29, 1.82) is 0 Å². The zero-order chi connectivity index (χ0) is 17.9. The number of hydrogen-bond donors (Lipinski definition) is 1. The van der Waals surface area contributed by atoms with Gasteiger partial charge in [-0.3, -0.25) is 4.79 Å². The van der Waals surface area contributed by atoms with Gasteiger partial charge in [0, 0.05) is 0 Å². The highest BCUT2D eigenvalue weighted by molar-refractivity contribution is 6.06. The lowest BCUT2D eigenvalue weighted by molar-refractivity contribution is 0.0992. The number of carbonyl (C=O) groups excluding carboxylic acids is 1. The Balaban J connectivity index is 1.43. The van der Waals surface area contributed by atoms with E-state index in [1.807, 2.05) is 31.2 Å². The Morgan fingerprint density at radius 2 is 1.92 bits per heavy atom. The number of amides is 1. The molecule has 0 aliphatic heterocycles. The predicted octanol–water partition coefficient (Wildman–Crippen LogP) is 3.96. The largest absolute Gasteiger partial charge is 0.486 e. The lowest BCUT2D eigenvalue weighted by Gasteiger charge is -2.05. The molecule has 0 saturated heterocycles. The van der Waals surface area contributed by atoms with E-state index in [2.05, 4.69) is 20.3 Å². The first-order chi connectivity index (χ1) is 12.7. The fourth-order valence-electron chi connectivity index (χ4n) is 2.46. The zero-order valence-electron chi connectivity index (χ0n) is 13.9. The molecule has 2 aromatic heterocycles. The number of fused-ring (bicyclic) bond motifs is 1. The van der Waals surface area contributed by atoms with Gasteiger partial charge in [-0.05, 0) is 53.6 Å². The smallest absolute Gasteiger partial charge is 0.291 e. The number of aromatic nitrogens is 2. The molecule has 4 aromatic rings. The van der Waals surface area contributed by atoms with E-state index >= 15 is 0 Å². The number of anilines is 1. The summed E-state index contributed by atoms with van der Waals surface area (Å²) in [5.41, 5.74) is 2.71. The normalized spacial score (nSPS) is 10.8. The second-order valence-corrected chi connectivity index (χ2v) is 5.76. The molecule has 7 nitrogen and oxygen atoms in total. The van der Waals surface area contributed by atoms with Gasteiger partial charge in [0.05, 0.1) is 5.69 Å². The monoisotopic (exact) mass is 349 g/mol. The zero-order valence-corrected chi connectivity index (χ0v) is 13.9. The van der Waals surface area contributed by atoms with Crippen LogP contribution in [0.25, 0.3) is 11.0 Å². The third kappa shape index (κ3) is 3.27. The molecule has 130 valence electrons. The number of carbonyl (C=O) groups is 1. The molecule has 4 rings (SSSR count). The summed E-state index contributed by atoms with van der Waals surface area (Å²) < 4.78 is 15.9. The number of aryl methyl sites for hydroxylation is 1. The van der Waals surface area contributed by atoms with Crippen molar-refractivity contribution in [2.45, 2.75) is 13.5 Å². The van der Waals surface area contributed by atoms with Crippen molar-refractivity contribution < 1.29 is 18.6 Å². The van der Waals surface area contributed by atoms with Crippen LogP contribution in [0.2, 0.25) is 0 Å². The first kappa shape index (κ1) is 15.9. The Kier molecular flexibility index (Phi) is 4.10. The summed E-state index contributed by atoms with van der Waals surface area (Å²) in [6.45, 7) is 2.25. The number of rotatable bonds is 5. The van der Waals surface area contributed by atoms with Crippen LogP contribution in [0.1, 0.15) is 21.9 Å². The van der Waals surface area contributed by atoms with Crippen LogP contribution in [-0.4, -0.2) is 16.2 Å². The molecule has 26 heavy (non-hydrogen) atoms. The highest BCUT2D eigenvalue weighted by Gasteiger charge is 2.15. The van der Waals surface area contributed by atoms with Crippen molar-refractivity contribution in [3.63, 3.8) is 0 Å². The summed E-state index contributed by atoms with van der Waals surface area (Å²) in [5.74, 6) is 1.09. The fourth-order valence-corrected chi connectivity index (χ4v) is 2.46. The number of hydrogen-bond acceptors (Lipinski definition) is 6. The Morgan fingerprint density at radius 3 is 2.77 bits per heavy atom. The summed E-state index contributed by atoms with van der Waals surface area (Å²) in [7, 11) is 0. The van der Waals surface area contributed by atoms with Crippen molar-refractivity contribution in [1.82, 2.24) is 10.3 Å². The lowest BCUT2D eigenvalue weighted by atomic mass is 10.2. The summed E-state index contributed by atoms with van der Waals surface area (Å²) in [5, 5.41) is 10.3. The van der Waals surface area contributed by atoms with Gasteiger partial charge in [0.1, 0.15) is 23.6 Å². The average Bonchev–Trinajstić information content (AvgIpc) is 3.31. The van der Waals surface area contributed by atoms with Crippen molar-refractivity contribution in [2.24, 2.45) is 0 Å². The van der Waals surface area contributed by atoms with Crippen LogP contribution >= 0.6 is 0 Å². The van der Waals surface area contributed by atoms with Gasteiger partial charge in [0.15, 0.2) is 11.3 Å². The third-order valence-corrected chi connectivity index (χ3v) is 3.82. The Bertz CT molecular complexity index is 1050. The van der Waals surface area contributed by atoms with Gasteiger partial charge in [-0.25, -0.2) is 4.63 Å². The maximum Gasteiger partial charge on any atom is 0.291 e. The second kappa shape index (κ2) is 6.72. The Morgan fingerprint density at radius 1 is 1.08 bits per heavy atom. The van der Waals surface area contributed by atoms with Crippen LogP contribution in [0.3, 0.4) is 0 Å². The van der Waals surface area contributed by atoms with Crippen molar-refractivity contribution in [2.75, 3.05) is 5.32 Å². The summed E-state index contributed by atoms with van der Waals surface area (Å²) in [6.07, 6.45) is 0. The lowest BCUT2D eigenvalue weighted by Crippen LogP contribution is -2.11. The highest BCUT2D eigenvalue weighted by atomic mass is 16.6. The molecule has 0 saturated carbocycles. The molecule has 0 fully saturated rings. The molecular formula is C19H15N3O4. The average molecular weight is 349 g/mol. The van der Waals surface area contributed by atoms with Crippen LogP contribution in [0.5, 0.6) is 5.75 Å². The molecule has 1 N–H and O–H groups in total. The van der Waals surface area contributed by atoms with E-state index in [-0.39, 0.29) is 18.3 Å². The van der Waals surface area contributed by atoms with Gasteiger partial charge < -0.3 is 14.5 Å². The van der Waals surface area contributed by atoms with Crippen LogP contribution in [0.4, 0.5) is 5.69 Å². The fraction of sp³-hybridized carbons (Fsp3) is 0.105. The van der Waals surface area contributed by atoms with Gasteiger partial charge in [-0.1, -0.05) is 23.8 Å². The molecule has 0 spiro atoms. The van der Waals surface area contributed by atoms with Crippen molar-refractivity contribution in [3.05, 3.63) is 71.7 Å². The molecular weight excluding hydrogens is 334 g/mol. The van der Waals surface area contributed by atoms with Crippen LogP contribution in [-0.2, 0) is 6.61 Å². The van der Waals surface area contributed by atoms with E-state index in [0.29, 0.717) is 22.5 Å². The van der Waals surface area contributed by atoms with E-state index in [4.69, 9.17) is 9.15 Å². The number of ether oxygens (including phenoxy) is 1. The number of nitrogens with one attached hydrogen (secondary N) is 1. The first-order valence-corrected chi connectivity index (χ1v) is 8.00. The van der Waals surface area contributed by atoms with Gasteiger partial charge in [0.25, 0.3) is 5.91 Å². The molecule has 0 aliphatic carbocycles. The molecule has 1 amide bonds. The topological polar surface area (TPSA) is 90.4 Å². The second-order valence-electron chi connectivity index (χ2n) is 5.76. The summed E-state index contributed by atoms with van der Waals surface area (Å²) in [6, 6.07) is 16.2. The van der Waals surface area contributed by atoms with E-state index < -0.39 is 0 Å². The maximum absolute atomic E-state index is 12.4. The highest BCUT2D eigenvalue weighted by Crippen LogP contribution is 2.21. The van der Waals surface area contributed by atoms with Crippen molar-refractivity contribution in [3.8, 4) is 5.75 Å². The molecule has 2 heterocycles. The number of furan rings is 1. The quantitative estimate of drug-likeness (QED) is 0.586. The van der Waals surface area contributed by atoms with Crippen LogP contribution < -0.4 is 10.1 Å². The number of benzene rings is 2. The minimum Gasteiger partial charge on any atom is -0.486 e. The van der Waals surface area contributed by atoms with Crippen LogP contribution in [0, 0.1) is 6.92 Å². The molecule has 0 bridgehead atoms. The van der Waals surface area contributed by atoms with E-state index in [1.165, 1.54) is 0 Å². The minimum atomic E-state index is -0.387. The Labute approximate surface area is 148 Å². The van der Waals surface area contributed by atoms with Gasteiger partial charge in [0.2, 0.25) is 0 Å². The van der Waals surface area contributed by atoms with Gasteiger partial charge in [-0.15, -0.1) is 0 Å². The summed E-state index contributed by atoms with van der Waals surface area (Å²) in [4.78, 5) is 12.4. The molecule has 0 radical (unpaired) electrons. The van der Waals surface area contributed by atoms with Crippen LogP contribution in [0.15, 0.2) is 63.6 Å². The maximum atomic E-state index is 12.4. The number of nitrogens with zero attached hydrogens (tertiary/aromatic N) is 2. The first-order valence-electron chi connectivity index (χ1n) is 8.00. The molecule has 0 atom stereocenters. The van der Waals surface area contributed by atoms with E-state index in [0.717, 1.165) is 11.3 Å². The van der Waals surface area contributed by atoms with E-state index in [9.17, 15) is 4.79 Å². The van der Waals surface area contributed by atoms with Gasteiger partial charge >= 0.3 is 0 Å². The van der Waals surface area contributed by atoms with Gasteiger partial charge in [-0.2, -0.15) is 0 Å². The molecule has 2 aromatic carbocycles. The molecule has 0 unspecified atom stereocenters. The standard InChI is InChI=1S/C19H15N3O4/c1-12-5-7-13(8-6-12)24-11-14-9-10-17(25-14)19(23)20-15-3-2-4-16-18(15)22-26-21-16/h2-10H,11H2,1H3,(H,20,23). The molecule has 0 aliphatic rings. The van der Waals surface area contributed by atoms with E-state index in [1.54, 1.807) is 30.3 Å². The SMILES string of the molecule is Cc1ccc(OCc2ccc(C(=O)Nc3cccc4nonc34)o2)cc1. The predicted molar refractivity (Wildman–Crippen MR) is 94.0 cm³/mol. The molecule has 7 heteroatoms. The van der Waals surface area contributed by atoms with Crippen molar-refractivity contribution >= 4 is 22.6 Å². The third-order valence-electron chi connectivity index (χ3n) is 3.82. The summed E-state index contributed by atoms with van der Waals surface area (Å²) >= 11 is 0. The Hall–Kier alpha value is -3.61. The minimum absolute atomic E-state index is 0.181.